The Balaban J connectivity index is 1.71. The number of para-hydroxylation sites is 1. The molecule has 1 aliphatic heterocycles. The van der Waals surface area contributed by atoms with Crippen molar-refractivity contribution in [1.29, 1.82) is 0 Å². The molecule has 1 N–H and O–H groups in total. The summed E-state index contributed by atoms with van der Waals surface area (Å²) < 4.78 is -1.01. The Morgan fingerprint density at radius 2 is 1.91 bits per heavy atom. The SMILES string of the molecule is C[C@@]1(C(=O)N2CCC[C@H]2C(=O)Nc2ccccc2)CC1(Cl)Cl. The molecule has 2 aliphatic rings. The molecule has 2 amide bonds. The summed E-state index contributed by atoms with van der Waals surface area (Å²) in [6, 6.07) is 8.79. The van der Waals surface area contributed by atoms with Gasteiger partial charge in [0.1, 0.15) is 10.4 Å². The average molecular weight is 341 g/mol. The number of likely N-dealkylation sites (tertiary alicyclic amines) is 1. The smallest absolute Gasteiger partial charge is 0.247 e. The monoisotopic (exact) mass is 340 g/mol. The van der Waals surface area contributed by atoms with E-state index in [4.69, 9.17) is 23.2 Å². The minimum absolute atomic E-state index is 0.122. The van der Waals surface area contributed by atoms with Crippen molar-refractivity contribution >= 4 is 40.7 Å². The average Bonchev–Trinajstić information content (AvgIpc) is 2.86. The lowest BCUT2D eigenvalue weighted by Crippen LogP contribution is -2.46. The summed E-state index contributed by atoms with van der Waals surface area (Å²) in [5.74, 6) is -0.278. The number of carbonyl (C=O) groups excluding carboxylic acids is 2. The molecule has 0 unspecified atom stereocenters. The summed E-state index contributed by atoms with van der Waals surface area (Å²) in [6.45, 7) is 2.34. The second-order valence-corrected chi connectivity index (χ2v) is 7.71. The van der Waals surface area contributed by atoms with Gasteiger partial charge < -0.3 is 10.2 Å². The zero-order valence-corrected chi connectivity index (χ0v) is 13.8. The van der Waals surface area contributed by atoms with E-state index >= 15 is 0 Å². The molecule has 2 fully saturated rings. The van der Waals surface area contributed by atoms with Gasteiger partial charge in [0.15, 0.2) is 0 Å². The van der Waals surface area contributed by atoms with E-state index in [0.717, 1.165) is 12.1 Å². The maximum absolute atomic E-state index is 12.7. The van der Waals surface area contributed by atoms with E-state index < -0.39 is 15.8 Å². The number of halogens is 2. The minimum Gasteiger partial charge on any atom is -0.330 e. The van der Waals surface area contributed by atoms with Crippen molar-refractivity contribution in [2.75, 3.05) is 11.9 Å². The Labute approximate surface area is 139 Å². The van der Waals surface area contributed by atoms with Gasteiger partial charge in [0.25, 0.3) is 0 Å². The third-order valence-electron chi connectivity index (χ3n) is 4.59. The summed E-state index contributed by atoms with van der Waals surface area (Å²) in [5, 5.41) is 2.86. The number of anilines is 1. The molecular weight excluding hydrogens is 323 g/mol. The second kappa shape index (κ2) is 5.43. The number of hydrogen-bond acceptors (Lipinski definition) is 2. The molecule has 0 radical (unpaired) electrons. The van der Waals surface area contributed by atoms with Gasteiger partial charge >= 0.3 is 0 Å². The molecule has 0 spiro atoms. The van der Waals surface area contributed by atoms with Gasteiger partial charge in [-0.25, -0.2) is 0 Å². The predicted molar refractivity (Wildman–Crippen MR) is 87.0 cm³/mol. The molecule has 4 nitrogen and oxygen atoms in total. The molecule has 3 rings (SSSR count). The van der Waals surface area contributed by atoms with Crippen LogP contribution in [0, 0.1) is 5.41 Å². The van der Waals surface area contributed by atoms with Crippen LogP contribution in [0.2, 0.25) is 0 Å². The number of amides is 2. The first-order valence-corrected chi connectivity index (χ1v) is 8.15. The summed E-state index contributed by atoms with van der Waals surface area (Å²) in [4.78, 5) is 26.8. The van der Waals surface area contributed by atoms with Crippen molar-refractivity contribution in [3.8, 4) is 0 Å². The molecule has 1 heterocycles. The summed E-state index contributed by atoms with van der Waals surface area (Å²) >= 11 is 12.2. The first kappa shape index (κ1) is 15.6. The molecule has 0 bridgehead atoms. The Morgan fingerprint density at radius 3 is 2.50 bits per heavy atom. The maximum Gasteiger partial charge on any atom is 0.247 e. The van der Waals surface area contributed by atoms with Crippen LogP contribution in [0.4, 0.5) is 5.69 Å². The van der Waals surface area contributed by atoms with Crippen LogP contribution < -0.4 is 5.32 Å². The Bertz CT molecular complexity index is 605. The fraction of sp³-hybridized carbons (Fsp3) is 0.500. The van der Waals surface area contributed by atoms with Gasteiger partial charge in [-0.2, -0.15) is 0 Å². The van der Waals surface area contributed by atoms with E-state index in [1.807, 2.05) is 30.3 Å². The van der Waals surface area contributed by atoms with Crippen LogP contribution in [0.3, 0.4) is 0 Å². The van der Waals surface area contributed by atoms with Gasteiger partial charge in [0.2, 0.25) is 11.8 Å². The minimum atomic E-state index is -1.01. The molecule has 1 saturated carbocycles. The summed E-state index contributed by atoms with van der Waals surface area (Å²) in [6.07, 6.45) is 1.91. The quantitative estimate of drug-likeness (QED) is 0.859. The van der Waals surface area contributed by atoms with Crippen LogP contribution in [0.15, 0.2) is 30.3 Å². The number of rotatable bonds is 3. The second-order valence-electron chi connectivity index (χ2n) is 6.23. The van der Waals surface area contributed by atoms with Gasteiger partial charge in [0, 0.05) is 12.2 Å². The van der Waals surface area contributed by atoms with Crippen molar-refractivity contribution in [2.45, 2.75) is 36.6 Å². The van der Waals surface area contributed by atoms with Gasteiger partial charge in [-0.1, -0.05) is 18.2 Å². The highest BCUT2D eigenvalue weighted by molar-refractivity contribution is 6.53. The molecule has 0 aromatic heterocycles. The molecular formula is C16H18Cl2N2O2. The van der Waals surface area contributed by atoms with Crippen LogP contribution in [0.5, 0.6) is 0 Å². The highest BCUT2D eigenvalue weighted by Gasteiger charge is 2.69. The zero-order valence-electron chi connectivity index (χ0n) is 12.3. The third-order valence-corrected chi connectivity index (χ3v) is 5.69. The number of benzene rings is 1. The van der Waals surface area contributed by atoms with Crippen molar-refractivity contribution in [2.24, 2.45) is 5.41 Å². The van der Waals surface area contributed by atoms with E-state index in [-0.39, 0.29) is 11.8 Å². The van der Waals surface area contributed by atoms with Crippen molar-refractivity contribution in [3.05, 3.63) is 30.3 Å². The van der Waals surface area contributed by atoms with E-state index in [9.17, 15) is 9.59 Å². The van der Waals surface area contributed by atoms with Crippen LogP contribution in [-0.2, 0) is 9.59 Å². The summed E-state index contributed by atoms with van der Waals surface area (Å²) in [5.41, 5.74) is -0.0420. The van der Waals surface area contributed by atoms with Gasteiger partial charge in [-0.15, -0.1) is 23.2 Å². The molecule has 1 aliphatic carbocycles. The van der Waals surface area contributed by atoms with Crippen LogP contribution >= 0.6 is 23.2 Å². The summed E-state index contributed by atoms with van der Waals surface area (Å²) in [7, 11) is 0. The first-order valence-electron chi connectivity index (χ1n) is 7.40. The highest BCUT2D eigenvalue weighted by atomic mass is 35.5. The van der Waals surface area contributed by atoms with Crippen molar-refractivity contribution in [1.82, 2.24) is 4.90 Å². The molecule has 2 atom stereocenters. The van der Waals surface area contributed by atoms with Crippen molar-refractivity contribution in [3.63, 3.8) is 0 Å². The van der Waals surface area contributed by atoms with Crippen LogP contribution in [-0.4, -0.2) is 33.6 Å². The van der Waals surface area contributed by atoms with Gasteiger partial charge in [0.05, 0.1) is 5.41 Å². The van der Waals surface area contributed by atoms with E-state index in [1.54, 1.807) is 11.8 Å². The Morgan fingerprint density at radius 1 is 1.27 bits per heavy atom. The number of hydrogen-bond donors (Lipinski definition) is 1. The number of nitrogens with zero attached hydrogens (tertiary/aromatic N) is 1. The van der Waals surface area contributed by atoms with E-state index in [2.05, 4.69) is 5.32 Å². The van der Waals surface area contributed by atoms with Crippen LogP contribution in [0.1, 0.15) is 26.2 Å². The molecule has 6 heteroatoms. The Kier molecular flexibility index (Phi) is 3.86. The molecule has 1 saturated heterocycles. The van der Waals surface area contributed by atoms with Gasteiger partial charge in [-0.05, 0) is 38.3 Å². The lowest BCUT2D eigenvalue weighted by molar-refractivity contribution is -0.140. The van der Waals surface area contributed by atoms with E-state index in [1.165, 1.54) is 0 Å². The number of alkyl halides is 2. The third kappa shape index (κ3) is 2.59. The normalized spacial score (nSPS) is 29.2. The molecule has 1 aromatic carbocycles. The fourth-order valence-corrected chi connectivity index (χ4v) is 3.67. The maximum atomic E-state index is 12.7. The lowest BCUT2D eigenvalue weighted by atomic mass is 10.1. The lowest BCUT2D eigenvalue weighted by Gasteiger charge is -2.27. The zero-order chi connectivity index (χ0) is 16.0. The standard InChI is InChI=1S/C16H18Cl2N2O2/c1-15(10-16(15,17)18)14(22)20-9-5-8-12(20)13(21)19-11-6-3-2-4-7-11/h2-4,6-7,12H,5,8-10H2,1H3,(H,19,21)/t12-,15-/m0/s1. The topological polar surface area (TPSA) is 49.4 Å². The fourth-order valence-electron chi connectivity index (χ4n) is 2.98. The number of carbonyl (C=O) groups is 2. The van der Waals surface area contributed by atoms with E-state index in [0.29, 0.717) is 19.4 Å². The molecule has 22 heavy (non-hydrogen) atoms. The van der Waals surface area contributed by atoms with Gasteiger partial charge in [-0.3, -0.25) is 9.59 Å². The van der Waals surface area contributed by atoms with Crippen molar-refractivity contribution < 1.29 is 9.59 Å². The number of nitrogens with one attached hydrogen (secondary N) is 1. The largest absolute Gasteiger partial charge is 0.330 e. The molecule has 1 aromatic rings. The molecule has 118 valence electrons. The van der Waals surface area contributed by atoms with Crippen LogP contribution in [0.25, 0.3) is 0 Å². The highest BCUT2D eigenvalue weighted by Crippen LogP contribution is 2.64. The first-order chi connectivity index (χ1) is 10.3. The predicted octanol–water partition coefficient (Wildman–Crippen LogP) is 3.20. The Hall–Kier alpha value is -1.26.